The maximum absolute atomic E-state index is 13.0. The van der Waals surface area contributed by atoms with Crippen LogP contribution in [0, 0.1) is 0 Å². The largest absolute Gasteiger partial charge is 0.346 e. The number of rotatable bonds is 3. The minimum absolute atomic E-state index is 0.223. The normalized spacial score (nSPS) is 18.3. The average Bonchev–Trinajstić information content (AvgIpc) is 3.52. The lowest BCUT2D eigenvalue weighted by molar-refractivity contribution is -0.136. The summed E-state index contributed by atoms with van der Waals surface area (Å²) >= 11 is 0. The van der Waals surface area contributed by atoms with E-state index in [1.165, 1.54) is 4.90 Å². The summed E-state index contributed by atoms with van der Waals surface area (Å²) in [5.41, 5.74) is 4.36. The quantitative estimate of drug-likeness (QED) is 0.478. The highest BCUT2D eigenvalue weighted by molar-refractivity contribution is 6.05. The second-order valence-corrected chi connectivity index (χ2v) is 7.93. The molecule has 2 N–H and O–H groups in total. The van der Waals surface area contributed by atoms with Gasteiger partial charge in [0.2, 0.25) is 11.8 Å². The van der Waals surface area contributed by atoms with Crippen molar-refractivity contribution >= 4 is 28.8 Å². The Hall–Kier alpha value is -4.34. The molecule has 4 aromatic rings. The number of hydrogen-bond donors (Lipinski definition) is 2. The molecule has 3 amide bonds. The molecule has 158 valence electrons. The number of imide groups is 1. The fourth-order valence-electron chi connectivity index (χ4n) is 4.29. The van der Waals surface area contributed by atoms with E-state index >= 15 is 0 Å². The number of aromatic nitrogens is 5. The Balaban J connectivity index is 1.28. The molecule has 1 atom stereocenters. The molecule has 0 spiro atoms. The average molecular weight is 427 g/mol. The van der Waals surface area contributed by atoms with Gasteiger partial charge in [0, 0.05) is 41.9 Å². The zero-order valence-corrected chi connectivity index (χ0v) is 16.8. The number of nitrogens with one attached hydrogen (secondary N) is 2. The van der Waals surface area contributed by atoms with Gasteiger partial charge < -0.3 is 9.88 Å². The van der Waals surface area contributed by atoms with Crippen molar-refractivity contribution in [1.82, 2.24) is 35.2 Å². The monoisotopic (exact) mass is 427 g/mol. The van der Waals surface area contributed by atoms with Crippen molar-refractivity contribution in [2.45, 2.75) is 25.4 Å². The van der Waals surface area contributed by atoms with E-state index in [1.54, 1.807) is 23.1 Å². The number of hydrogen-bond acceptors (Lipinski definition) is 6. The lowest BCUT2D eigenvalue weighted by Gasteiger charge is -2.29. The van der Waals surface area contributed by atoms with Crippen LogP contribution in [0.15, 0.2) is 48.9 Å². The molecule has 2 aliphatic heterocycles. The van der Waals surface area contributed by atoms with Gasteiger partial charge in [0.15, 0.2) is 0 Å². The Morgan fingerprint density at radius 3 is 2.88 bits per heavy atom. The number of carbonyl (C=O) groups is 3. The SMILES string of the molecule is O=C1CCC(N2Cc3ccc(-n4cc(-c5cnc6[nH]ccc6c5)nn4)cc3C2=O)C(=O)N1. The summed E-state index contributed by atoms with van der Waals surface area (Å²) < 4.78 is 1.61. The number of amides is 3. The number of aromatic amines is 1. The van der Waals surface area contributed by atoms with E-state index in [9.17, 15) is 14.4 Å². The third-order valence-corrected chi connectivity index (χ3v) is 5.97. The molecule has 0 radical (unpaired) electrons. The molecule has 0 bridgehead atoms. The van der Waals surface area contributed by atoms with Gasteiger partial charge in [-0.2, -0.15) is 0 Å². The first-order valence-electron chi connectivity index (χ1n) is 10.2. The molecule has 1 fully saturated rings. The van der Waals surface area contributed by atoms with Crippen molar-refractivity contribution in [1.29, 1.82) is 0 Å². The lowest BCUT2D eigenvalue weighted by atomic mass is 10.0. The van der Waals surface area contributed by atoms with Gasteiger partial charge in [-0.1, -0.05) is 11.3 Å². The van der Waals surface area contributed by atoms with Gasteiger partial charge in [-0.15, -0.1) is 5.10 Å². The van der Waals surface area contributed by atoms with E-state index in [0.29, 0.717) is 29.9 Å². The molecule has 3 aromatic heterocycles. The summed E-state index contributed by atoms with van der Waals surface area (Å²) in [6.45, 7) is 0.339. The molecule has 0 saturated carbocycles. The number of carbonyl (C=O) groups excluding carboxylic acids is 3. The van der Waals surface area contributed by atoms with Crippen LogP contribution in [-0.2, 0) is 16.1 Å². The summed E-state index contributed by atoms with van der Waals surface area (Å²) in [6, 6.07) is 8.78. The molecule has 5 heterocycles. The van der Waals surface area contributed by atoms with Gasteiger partial charge in [-0.25, -0.2) is 9.67 Å². The first-order chi connectivity index (χ1) is 15.6. The summed E-state index contributed by atoms with van der Waals surface area (Å²) in [5.74, 6) is -0.944. The van der Waals surface area contributed by atoms with Crippen molar-refractivity contribution in [2.24, 2.45) is 0 Å². The molecule has 1 aromatic carbocycles. The van der Waals surface area contributed by atoms with Crippen LogP contribution in [0.5, 0.6) is 0 Å². The van der Waals surface area contributed by atoms with E-state index in [0.717, 1.165) is 22.2 Å². The Labute approximate surface area is 181 Å². The van der Waals surface area contributed by atoms with Crippen molar-refractivity contribution in [3.8, 4) is 16.9 Å². The number of pyridine rings is 1. The Morgan fingerprint density at radius 1 is 1.09 bits per heavy atom. The molecule has 2 aliphatic rings. The highest BCUT2D eigenvalue weighted by Gasteiger charge is 2.39. The van der Waals surface area contributed by atoms with Gasteiger partial charge in [-0.3, -0.25) is 19.7 Å². The maximum Gasteiger partial charge on any atom is 0.255 e. The molecular weight excluding hydrogens is 410 g/mol. The number of H-pyrrole nitrogens is 1. The predicted octanol–water partition coefficient (Wildman–Crippen LogP) is 1.57. The van der Waals surface area contributed by atoms with Crippen LogP contribution in [0.3, 0.4) is 0 Å². The van der Waals surface area contributed by atoms with Gasteiger partial charge in [0.05, 0.1) is 11.9 Å². The maximum atomic E-state index is 13.0. The second kappa shape index (κ2) is 6.84. The summed E-state index contributed by atoms with van der Waals surface area (Å²) in [7, 11) is 0. The van der Waals surface area contributed by atoms with Crippen molar-refractivity contribution in [2.75, 3.05) is 0 Å². The van der Waals surface area contributed by atoms with Gasteiger partial charge in [0.25, 0.3) is 5.91 Å². The van der Waals surface area contributed by atoms with Gasteiger partial charge in [-0.05, 0) is 36.2 Å². The van der Waals surface area contributed by atoms with E-state index in [4.69, 9.17) is 0 Å². The molecule has 6 rings (SSSR count). The minimum Gasteiger partial charge on any atom is -0.346 e. The molecule has 10 nitrogen and oxygen atoms in total. The predicted molar refractivity (Wildman–Crippen MR) is 112 cm³/mol. The lowest BCUT2D eigenvalue weighted by Crippen LogP contribution is -2.52. The number of fused-ring (bicyclic) bond motifs is 2. The van der Waals surface area contributed by atoms with Crippen LogP contribution in [-0.4, -0.2) is 53.6 Å². The topological polar surface area (TPSA) is 126 Å². The highest BCUT2D eigenvalue weighted by atomic mass is 16.2. The van der Waals surface area contributed by atoms with Crippen molar-refractivity contribution in [3.63, 3.8) is 0 Å². The fourth-order valence-corrected chi connectivity index (χ4v) is 4.29. The summed E-state index contributed by atoms with van der Waals surface area (Å²) in [5, 5.41) is 11.8. The fraction of sp³-hybridized carbons (Fsp3) is 0.182. The molecule has 10 heteroatoms. The van der Waals surface area contributed by atoms with Crippen LogP contribution in [0.25, 0.3) is 28.0 Å². The van der Waals surface area contributed by atoms with Crippen LogP contribution in [0.4, 0.5) is 0 Å². The van der Waals surface area contributed by atoms with E-state index in [-0.39, 0.29) is 18.2 Å². The summed E-state index contributed by atoms with van der Waals surface area (Å²) in [4.78, 5) is 45.7. The molecule has 1 unspecified atom stereocenters. The minimum atomic E-state index is -0.634. The smallest absolute Gasteiger partial charge is 0.255 e. The van der Waals surface area contributed by atoms with Crippen molar-refractivity contribution in [3.05, 3.63) is 60.0 Å². The molecule has 1 saturated heterocycles. The zero-order chi connectivity index (χ0) is 21.8. The first kappa shape index (κ1) is 18.4. The van der Waals surface area contributed by atoms with Crippen LogP contribution >= 0.6 is 0 Å². The number of piperidine rings is 1. The molecule has 0 aliphatic carbocycles. The van der Waals surface area contributed by atoms with Gasteiger partial charge >= 0.3 is 0 Å². The van der Waals surface area contributed by atoms with E-state index in [1.807, 2.05) is 30.5 Å². The Morgan fingerprint density at radius 2 is 2.00 bits per heavy atom. The first-order valence-corrected chi connectivity index (χ1v) is 10.2. The Bertz CT molecular complexity index is 1420. The third-order valence-electron chi connectivity index (χ3n) is 5.97. The number of benzene rings is 1. The van der Waals surface area contributed by atoms with Crippen LogP contribution in [0.2, 0.25) is 0 Å². The summed E-state index contributed by atoms with van der Waals surface area (Å²) in [6.07, 6.45) is 5.92. The second-order valence-electron chi connectivity index (χ2n) is 7.93. The highest BCUT2D eigenvalue weighted by Crippen LogP contribution is 2.29. The number of nitrogens with zero attached hydrogens (tertiary/aromatic N) is 5. The van der Waals surface area contributed by atoms with Crippen LogP contribution < -0.4 is 5.32 Å². The van der Waals surface area contributed by atoms with Crippen molar-refractivity contribution < 1.29 is 14.4 Å². The molecule has 32 heavy (non-hydrogen) atoms. The zero-order valence-electron chi connectivity index (χ0n) is 16.8. The van der Waals surface area contributed by atoms with E-state index in [2.05, 4.69) is 25.6 Å². The van der Waals surface area contributed by atoms with E-state index < -0.39 is 11.9 Å². The van der Waals surface area contributed by atoms with Crippen LogP contribution in [0.1, 0.15) is 28.8 Å². The van der Waals surface area contributed by atoms with Gasteiger partial charge in [0.1, 0.15) is 17.4 Å². The standard InChI is InChI=1S/C22H17N7O3/c30-19-4-3-18(21(31)25-19)28-10-13-1-2-15(8-16(13)22(28)32)29-11-17(26-27-29)14-7-12-5-6-23-20(12)24-9-14/h1-2,5-9,11,18H,3-4,10H2,(H,23,24)(H,25,30,31). The molecular formula is C22H17N7O3. The third kappa shape index (κ3) is 2.88. The Kier molecular flexibility index (Phi) is 3.94.